The number of Topliss-reactive ketones (excluding diaryl/α,β-unsaturated/α-hetero) is 1. The highest BCUT2D eigenvalue weighted by Gasteiger charge is 2.34. The Bertz CT molecular complexity index is 325. The second-order valence-electron chi connectivity index (χ2n) is 3.46. The first-order valence-corrected chi connectivity index (χ1v) is 5.66. The third-order valence-electron chi connectivity index (χ3n) is 2.55. The Morgan fingerprint density at radius 3 is 2.93 bits per heavy atom. The Hall–Kier alpha value is -0.970. The fraction of sp³-hybridized carbons (Fsp3) is 0.556. The highest BCUT2D eigenvalue weighted by atomic mass is 32.2. The lowest BCUT2D eigenvalue weighted by Crippen LogP contribution is -2.34. The summed E-state index contributed by atoms with van der Waals surface area (Å²) in [6.45, 7) is 0. The monoisotopic (exact) mass is 212 g/mol. The zero-order valence-corrected chi connectivity index (χ0v) is 8.52. The van der Waals surface area contributed by atoms with Crippen LogP contribution in [0, 0.1) is 0 Å². The minimum Gasteiger partial charge on any atom is -0.351 e. The van der Waals surface area contributed by atoms with Gasteiger partial charge in [0.15, 0.2) is 0 Å². The minimum atomic E-state index is -0.530. The number of thioether (sulfide) groups is 1. The molecule has 0 bridgehead atoms. The van der Waals surface area contributed by atoms with Crippen LogP contribution in [0.25, 0.3) is 0 Å². The van der Waals surface area contributed by atoms with E-state index in [0.29, 0.717) is 12.8 Å². The van der Waals surface area contributed by atoms with Gasteiger partial charge in [0.1, 0.15) is 5.78 Å². The van der Waals surface area contributed by atoms with Crippen molar-refractivity contribution >= 4 is 23.6 Å². The molecule has 1 heterocycles. The SMILES string of the molecule is NC(=O)NC1=C2CCSC2C(=O)CC1. The van der Waals surface area contributed by atoms with Gasteiger partial charge in [-0.15, -0.1) is 11.8 Å². The molecule has 0 saturated carbocycles. The van der Waals surface area contributed by atoms with Gasteiger partial charge in [0.2, 0.25) is 0 Å². The number of carbonyl (C=O) groups is 2. The Morgan fingerprint density at radius 2 is 2.21 bits per heavy atom. The number of allylic oxidation sites excluding steroid dienone is 1. The molecule has 14 heavy (non-hydrogen) atoms. The number of amides is 2. The zero-order valence-electron chi connectivity index (χ0n) is 7.71. The van der Waals surface area contributed by atoms with Crippen LogP contribution < -0.4 is 11.1 Å². The van der Waals surface area contributed by atoms with Crippen molar-refractivity contribution in [2.75, 3.05) is 5.75 Å². The van der Waals surface area contributed by atoms with Crippen LogP contribution in [0.4, 0.5) is 4.79 Å². The molecule has 5 heteroatoms. The number of hydrogen-bond donors (Lipinski definition) is 2. The molecule has 1 atom stereocenters. The molecule has 2 amide bonds. The molecule has 2 aliphatic rings. The van der Waals surface area contributed by atoms with Gasteiger partial charge in [-0.05, 0) is 24.2 Å². The highest BCUT2D eigenvalue weighted by Crippen LogP contribution is 2.38. The molecule has 1 saturated heterocycles. The fourth-order valence-electron chi connectivity index (χ4n) is 1.95. The lowest BCUT2D eigenvalue weighted by Gasteiger charge is -2.21. The molecule has 0 spiro atoms. The van der Waals surface area contributed by atoms with Gasteiger partial charge in [0, 0.05) is 12.1 Å². The van der Waals surface area contributed by atoms with Crippen LogP contribution >= 0.6 is 11.8 Å². The minimum absolute atomic E-state index is 0.00870. The van der Waals surface area contributed by atoms with E-state index in [2.05, 4.69) is 5.32 Å². The fourth-order valence-corrected chi connectivity index (χ4v) is 3.28. The van der Waals surface area contributed by atoms with Crippen LogP contribution in [-0.4, -0.2) is 22.8 Å². The summed E-state index contributed by atoms with van der Waals surface area (Å²) in [5.74, 6) is 1.26. The number of carbonyl (C=O) groups excluding carboxylic acids is 2. The van der Waals surface area contributed by atoms with Crippen LogP contribution in [0.3, 0.4) is 0 Å². The van der Waals surface area contributed by atoms with E-state index in [1.807, 2.05) is 0 Å². The summed E-state index contributed by atoms with van der Waals surface area (Å²) in [7, 11) is 0. The third kappa shape index (κ3) is 1.64. The summed E-state index contributed by atoms with van der Waals surface area (Å²) in [4.78, 5) is 22.2. The highest BCUT2D eigenvalue weighted by molar-refractivity contribution is 8.01. The van der Waals surface area contributed by atoms with Crippen LogP contribution in [0.15, 0.2) is 11.3 Å². The molecule has 3 N–H and O–H groups in total. The summed E-state index contributed by atoms with van der Waals surface area (Å²) in [5, 5.41) is 2.62. The van der Waals surface area contributed by atoms with Gasteiger partial charge in [-0.3, -0.25) is 4.79 Å². The van der Waals surface area contributed by atoms with Crippen molar-refractivity contribution in [1.82, 2.24) is 5.32 Å². The number of fused-ring (bicyclic) bond motifs is 1. The van der Waals surface area contributed by atoms with Crippen molar-refractivity contribution in [2.24, 2.45) is 5.73 Å². The average Bonchev–Trinajstić information content (AvgIpc) is 2.58. The molecule has 1 fully saturated rings. The standard InChI is InChI=1S/C9H12N2O2S/c10-9(13)11-6-1-2-7(12)8-5(6)3-4-14-8/h8H,1-4H2,(H3,10,11,13). The molecular formula is C9H12N2O2S. The molecule has 76 valence electrons. The quantitative estimate of drug-likeness (QED) is 0.674. The number of nitrogens with two attached hydrogens (primary N) is 1. The largest absolute Gasteiger partial charge is 0.351 e. The van der Waals surface area contributed by atoms with Gasteiger partial charge in [0.05, 0.1) is 5.25 Å². The van der Waals surface area contributed by atoms with E-state index in [1.54, 1.807) is 11.8 Å². The van der Waals surface area contributed by atoms with Crippen LogP contribution in [0.5, 0.6) is 0 Å². The summed E-state index contributed by atoms with van der Waals surface area (Å²) < 4.78 is 0. The molecule has 2 rings (SSSR count). The number of primary amides is 1. The first-order chi connectivity index (χ1) is 6.68. The molecule has 0 aromatic heterocycles. The van der Waals surface area contributed by atoms with Gasteiger partial charge in [-0.2, -0.15) is 0 Å². The number of urea groups is 1. The van der Waals surface area contributed by atoms with Crippen LogP contribution in [0.2, 0.25) is 0 Å². The Balaban J connectivity index is 2.25. The molecule has 0 radical (unpaired) electrons. The number of hydrogen-bond acceptors (Lipinski definition) is 3. The lowest BCUT2D eigenvalue weighted by molar-refractivity contribution is -0.118. The Labute approximate surface area is 86.3 Å². The van der Waals surface area contributed by atoms with E-state index in [1.165, 1.54) is 0 Å². The van der Waals surface area contributed by atoms with E-state index in [-0.39, 0.29) is 11.0 Å². The predicted molar refractivity (Wildman–Crippen MR) is 54.8 cm³/mol. The van der Waals surface area contributed by atoms with Gasteiger partial charge in [0.25, 0.3) is 0 Å². The van der Waals surface area contributed by atoms with Crippen molar-refractivity contribution in [3.8, 4) is 0 Å². The molecular weight excluding hydrogens is 200 g/mol. The van der Waals surface area contributed by atoms with Gasteiger partial charge in [-0.25, -0.2) is 4.79 Å². The first kappa shape index (κ1) is 9.58. The topological polar surface area (TPSA) is 72.2 Å². The summed E-state index contributed by atoms with van der Waals surface area (Å²) >= 11 is 1.67. The molecule has 1 aliphatic carbocycles. The molecule has 0 aromatic carbocycles. The van der Waals surface area contributed by atoms with Crippen molar-refractivity contribution in [2.45, 2.75) is 24.5 Å². The second-order valence-corrected chi connectivity index (χ2v) is 4.67. The van der Waals surface area contributed by atoms with Crippen LogP contribution in [0.1, 0.15) is 19.3 Å². The van der Waals surface area contributed by atoms with Crippen molar-refractivity contribution < 1.29 is 9.59 Å². The van der Waals surface area contributed by atoms with Gasteiger partial charge < -0.3 is 11.1 Å². The van der Waals surface area contributed by atoms with E-state index in [0.717, 1.165) is 23.4 Å². The normalized spacial score (nSPS) is 26.3. The Morgan fingerprint density at radius 1 is 1.43 bits per heavy atom. The molecule has 4 nitrogen and oxygen atoms in total. The molecule has 0 aromatic rings. The second kappa shape index (κ2) is 3.65. The zero-order chi connectivity index (χ0) is 10.1. The predicted octanol–water partition coefficient (Wildman–Crippen LogP) is 0.777. The van der Waals surface area contributed by atoms with Crippen LogP contribution in [-0.2, 0) is 4.79 Å². The lowest BCUT2D eigenvalue weighted by atomic mass is 9.93. The Kier molecular flexibility index (Phi) is 2.50. The number of ketones is 1. The first-order valence-electron chi connectivity index (χ1n) is 4.61. The van der Waals surface area contributed by atoms with E-state index < -0.39 is 6.03 Å². The maximum Gasteiger partial charge on any atom is 0.316 e. The number of rotatable bonds is 1. The van der Waals surface area contributed by atoms with E-state index in [9.17, 15) is 9.59 Å². The van der Waals surface area contributed by atoms with Crippen molar-refractivity contribution in [3.63, 3.8) is 0 Å². The summed E-state index contributed by atoms with van der Waals surface area (Å²) in [5.41, 5.74) is 7.03. The molecule has 1 aliphatic heterocycles. The maximum atomic E-state index is 11.5. The van der Waals surface area contributed by atoms with Crippen molar-refractivity contribution in [1.29, 1.82) is 0 Å². The summed E-state index contributed by atoms with van der Waals surface area (Å²) in [6.07, 6.45) is 2.06. The van der Waals surface area contributed by atoms with Gasteiger partial charge >= 0.3 is 6.03 Å². The molecule has 1 unspecified atom stereocenters. The third-order valence-corrected chi connectivity index (χ3v) is 3.87. The smallest absolute Gasteiger partial charge is 0.316 e. The average molecular weight is 212 g/mol. The summed E-state index contributed by atoms with van der Waals surface area (Å²) in [6, 6.07) is -0.530. The maximum absolute atomic E-state index is 11.5. The van der Waals surface area contributed by atoms with Gasteiger partial charge in [-0.1, -0.05) is 0 Å². The van der Waals surface area contributed by atoms with E-state index >= 15 is 0 Å². The number of nitrogens with one attached hydrogen (secondary N) is 1. The van der Waals surface area contributed by atoms with Crippen molar-refractivity contribution in [3.05, 3.63) is 11.3 Å². The van der Waals surface area contributed by atoms with E-state index in [4.69, 9.17) is 5.73 Å².